The molecule has 1 saturated heterocycles. The summed E-state index contributed by atoms with van der Waals surface area (Å²) in [6.45, 7) is 0.345. The van der Waals surface area contributed by atoms with E-state index in [9.17, 15) is 23.3 Å². The number of benzene rings is 1. The van der Waals surface area contributed by atoms with Crippen molar-refractivity contribution in [3.05, 3.63) is 51.2 Å². The van der Waals surface area contributed by atoms with Gasteiger partial charge in [-0.05, 0) is 62.3 Å². The van der Waals surface area contributed by atoms with E-state index < -0.39 is 15.9 Å². The van der Waals surface area contributed by atoms with E-state index in [4.69, 9.17) is 0 Å². The molecule has 4 rings (SSSR count). The summed E-state index contributed by atoms with van der Waals surface area (Å²) in [7, 11) is -3.81. The third kappa shape index (κ3) is 4.55. The highest BCUT2D eigenvalue weighted by Gasteiger charge is 2.33. The predicted octanol–water partition coefficient (Wildman–Crippen LogP) is 2.36. The molecule has 2 N–H and O–H groups in total. The number of nitriles is 1. The van der Waals surface area contributed by atoms with Crippen LogP contribution in [0, 0.1) is 17.2 Å². The Balaban J connectivity index is 1.31. The topological polar surface area (TPSA) is 119 Å². The average Bonchev–Trinajstić information content (AvgIpc) is 3.27. The molecule has 2 heterocycles. The monoisotopic (exact) mass is 472 g/mol. The SMILES string of the molecule is N#Cc1ccccc1S(=O)(=O)N1CCC(C(=O)NNC(=O)c2cc3c(s2)CCCC3)CC1. The molecule has 1 aromatic heterocycles. The second-order valence-electron chi connectivity index (χ2n) is 8.00. The number of amides is 2. The molecule has 2 aliphatic rings. The van der Waals surface area contributed by atoms with Crippen LogP contribution in [0.15, 0.2) is 35.2 Å². The average molecular weight is 473 g/mol. The van der Waals surface area contributed by atoms with E-state index in [1.165, 1.54) is 38.2 Å². The van der Waals surface area contributed by atoms with Crippen molar-refractivity contribution in [1.82, 2.24) is 15.2 Å². The number of piperidine rings is 1. The van der Waals surface area contributed by atoms with E-state index in [-0.39, 0.29) is 35.4 Å². The largest absolute Gasteiger partial charge is 0.279 e. The molecule has 8 nitrogen and oxygen atoms in total. The Kier molecular flexibility index (Phi) is 6.60. The summed E-state index contributed by atoms with van der Waals surface area (Å²) in [5.74, 6) is -1.05. The Morgan fingerprint density at radius 1 is 1.09 bits per heavy atom. The molecule has 1 fully saturated rings. The lowest BCUT2D eigenvalue weighted by molar-refractivity contribution is -0.126. The van der Waals surface area contributed by atoms with E-state index in [1.54, 1.807) is 12.1 Å². The van der Waals surface area contributed by atoms with Gasteiger partial charge in [-0.3, -0.25) is 20.4 Å². The number of sulfonamides is 1. The Hall–Kier alpha value is -2.74. The van der Waals surface area contributed by atoms with Gasteiger partial charge in [-0.25, -0.2) is 8.42 Å². The number of nitrogens with zero attached hydrogens (tertiary/aromatic N) is 2. The maximum atomic E-state index is 12.9. The van der Waals surface area contributed by atoms with Gasteiger partial charge in [0.15, 0.2) is 0 Å². The van der Waals surface area contributed by atoms with E-state index in [0.717, 1.165) is 25.7 Å². The van der Waals surface area contributed by atoms with Crippen molar-refractivity contribution >= 4 is 33.2 Å². The Morgan fingerprint density at radius 2 is 1.81 bits per heavy atom. The molecule has 0 saturated carbocycles. The third-order valence-corrected chi connectivity index (χ3v) is 9.16. The standard InChI is InChI=1S/C22H24N4O4S2/c23-14-17-6-2-4-8-20(17)32(29,30)26-11-9-15(10-12-26)21(27)24-25-22(28)19-13-16-5-1-3-7-18(16)31-19/h2,4,6,8,13,15H,1,3,5,7,9-12H2,(H,24,27)(H,25,28). The molecule has 1 aliphatic heterocycles. The first-order valence-electron chi connectivity index (χ1n) is 10.6. The molecule has 10 heteroatoms. The van der Waals surface area contributed by atoms with Gasteiger partial charge in [0.2, 0.25) is 15.9 Å². The molecule has 1 aromatic carbocycles. The quantitative estimate of drug-likeness (QED) is 0.662. The number of rotatable bonds is 4. The minimum Gasteiger partial charge on any atom is -0.273 e. The van der Waals surface area contributed by atoms with Crippen LogP contribution in [0.3, 0.4) is 0 Å². The second kappa shape index (κ2) is 9.40. The van der Waals surface area contributed by atoms with Crippen molar-refractivity contribution in [1.29, 1.82) is 5.26 Å². The second-order valence-corrected chi connectivity index (χ2v) is 11.0. The number of carbonyl (C=O) groups excluding carboxylic acids is 2. The van der Waals surface area contributed by atoms with Crippen LogP contribution < -0.4 is 10.9 Å². The van der Waals surface area contributed by atoms with Crippen LogP contribution in [-0.4, -0.2) is 37.6 Å². The summed E-state index contributed by atoms with van der Waals surface area (Å²) < 4.78 is 27.1. The summed E-state index contributed by atoms with van der Waals surface area (Å²) in [6.07, 6.45) is 4.94. The molecule has 0 atom stereocenters. The van der Waals surface area contributed by atoms with Crippen molar-refractivity contribution in [3.63, 3.8) is 0 Å². The van der Waals surface area contributed by atoms with E-state index in [2.05, 4.69) is 10.9 Å². The van der Waals surface area contributed by atoms with E-state index >= 15 is 0 Å². The predicted molar refractivity (Wildman–Crippen MR) is 119 cm³/mol. The van der Waals surface area contributed by atoms with E-state index in [0.29, 0.717) is 17.7 Å². The van der Waals surface area contributed by atoms with Gasteiger partial charge in [-0.2, -0.15) is 9.57 Å². The molecule has 0 unspecified atom stereocenters. The van der Waals surface area contributed by atoms with Gasteiger partial charge in [0.25, 0.3) is 5.91 Å². The number of hydrogen-bond acceptors (Lipinski definition) is 6. The van der Waals surface area contributed by atoms with E-state index in [1.807, 2.05) is 12.1 Å². The lowest BCUT2D eigenvalue weighted by atomic mass is 9.98. The van der Waals surface area contributed by atoms with Crippen molar-refractivity contribution in [2.24, 2.45) is 5.92 Å². The highest BCUT2D eigenvalue weighted by Crippen LogP contribution is 2.29. The Labute approximate surface area is 191 Å². The van der Waals surface area contributed by atoms with Crippen molar-refractivity contribution in [2.45, 2.75) is 43.4 Å². The summed E-state index contributed by atoms with van der Waals surface area (Å²) in [6, 6.07) is 9.92. The number of carbonyl (C=O) groups is 2. The van der Waals surface area contributed by atoms with Crippen molar-refractivity contribution in [2.75, 3.05) is 13.1 Å². The molecule has 0 bridgehead atoms. The maximum absolute atomic E-state index is 12.9. The smallest absolute Gasteiger partial charge is 0.273 e. The van der Waals surface area contributed by atoms with Gasteiger partial charge >= 0.3 is 0 Å². The summed E-state index contributed by atoms with van der Waals surface area (Å²) >= 11 is 1.47. The number of hydrazine groups is 1. The lowest BCUT2D eigenvalue weighted by Gasteiger charge is -2.30. The molecule has 2 aromatic rings. The Bertz CT molecular complexity index is 1150. The summed E-state index contributed by atoms with van der Waals surface area (Å²) in [5, 5.41) is 9.21. The first-order valence-corrected chi connectivity index (χ1v) is 12.9. The molecular formula is C22H24N4O4S2. The highest BCUT2D eigenvalue weighted by atomic mass is 32.2. The van der Waals surface area contributed by atoms with Crippen molar-refractivity contribution in [3.8, 4) is 6.07 Å². The number of thiophene rings is 1. The fourth-order valence-electron chi connectivity index (χ4n) is 4.17. The van der Waals surface area contributed by atoms with Gasteiger partial charge in [0.05, 0.1) is 15.3 Å². The molecule has 0 spiro atoms. The number of fused-ring (bicyclic) bond motifs is 1. The van der Waals surface area contributed by atoms with Crippen molar-refractivity contribution < 1.29 is 18.0 Å². The summed E-state index contributed by atoms with van der Waals surface area (Å²) in [5.41, 5.74) is 6.31. The fraction of sp³-hybridized carbons (Fsp3) is 0.409. The maximum Gasteiger partial charge on any atom is 0.279 e. The molecule has 1 aliphatic carbocycles. The van der Waals surface area contributed by atoms with Crippen LogP contribution in [0.25, 0.3) is 0 Å². The van der Waals surface area contributed by atoms with Crippen LogP contribution in [0.4, 0.5) is 0 Å². The van der Waals surface area contributed by atoms with Crippen LogP contribution in [0.1, 0.15) is 51.4 Å². The number of hydrogen-bond donors (Lipinski definition) is 2. The van der Waals surface area contributed by atoms with Crippen LogP contribution in [-0.2, 0) is 27.7 Å². The highest BCUT2D eigenvalue weighted by molar-refractivity contribution is 7.89. The first kappa shape index (κ1) is 22.5. The minimum absolute atomic E-state index is 0.0173. The summed E-state index contributed by atoms with van der Waals surface area (Å²) in [4.78, 5) is 26.8. The lowest BCUT2D eigenvalue weighted by Crippen LogP contribution is -2.48. The fourth-order valence-corrected chi connectivity index (χ4v) is 6.93. The van der Waals surface area contributed by atoms with Gasteiger partial charge in [-0.1, -0.05) is 12.1 Å². The molecule has 168 valence electrons. The van der Waals surface area contributed by atoms with Crippen LogP contribution in [0.2, 0.25) is 0 Å². The minimum atomic E-state index is -3.81. The first-order chi connectivity index (χ1) is 15.4. The number of nitrogens with one attached hydrogen (secondary N) is 2. The molecule has 0 radical (unpaired) electrons. The van der Waals surface area contributed by atoms with Gasteiger partial charge in [0, 0.05) is 23.9 Å². The van der Waals surface area contributed by atoms with Gasteiger partial charge in [0.1, 0.15) is 6.07 Å². The van der Waals surface area contributed by atoms with Gasteiger partial charge < -0.3 is 0 Å². The van der Waals surface area contributed by atoms with Gasteiger partial charge in [-0.15, -0.1) is 11.3 Å². The zero-order valence-corrected chi connectivity index (χ0v) is 19.1. The molecular weight excluding hydrogens is 448 g/mol. The zero-order chi connectivity index (χ0) is 22.7. The molecule has 32 heavy (non-hydrogen) atoms. The zero-order valence-electron chi connectivity index (χ0n) is 17.5. The van der Waals surface area contributed by atoms with Crippen LogP contribution >= 0.6 is 11.3 Å². The Morgan fingerprint density at radius 3 is 2.53 bits per heavy atom. The normalized spacial score (nSPS) is 17.2. The molecule has 2 amide bonds. The van der Waals surface area contributed by atoms with Crippen LogP contribution in [0.5, 0.6) is 0 Å². The number of aryl methyl sites for hydroxylation is 2. The third-order valence-electron chi connectivity index (χ3n) is 5.97.